The van der Waals surface area contributed by atoms with E-state index < -0.39 is 22.8 Å². The maximum atomic E-state index is 16.0. The van der Waals surface area contributed by atoms with Crippen molar-refractivity contribution >= 4 is 11.4 Å². The van der Waals surface area contributed by atoms with Crippen LogP contribution in [0.25, 0.3) is 0 Å². The van der Waals surface area contributed by atoms with Crippen molar-refractivity contribution in [3.8, 4) is 12.1 Å². The molecule has 0 unspecified atom stereocenters. The van der Waals surface area contributed by atoms with Crippen LogP contribution in [-0.4, -0.2) is 11.1 Å². The summed E-state index contributed by atoms with van der Waals surface area (Å²) in [6.45, 7) is 0. The predicted octanol–water partition coefficient (Wildman–Crippen LogP) is 6.47. The second kappa shape index (κ2) is 7.09. The van der Waals surface area contributed by atoms with Crippen LogP contribution in [0.1, 0.15) is 88.2 Å². The van der Waals surface area contributed by atoms with Crippen LogP contribution in [0.4, 0.5) is 20.2 Å². The molecule has 8 aliphatic carbocycles. The SMILES string of the molecule is N#Cc1c(F)c(NC23CC4CC(CC(C4)C2)C3)c(NC23CC4CC(CC(C4)C2)C3)c(F)c1C#N. The van der Waals surface area contributed by atoms with Crippen LogP contribution in [0.15, 0.2) is 0 Å². The van der Waals surface area contributed by atoms with Crippen molar-refractivity contribution in [2.45, 2.75) is 88.1 Å². The first-order valence-corrected chi connectivity index (χ1v) is 13.3. The van der Waals surface area contributed by atoms with Gasteiger partial charge in [0.25, 0.3) is 0 Å². The number of hydrogen-bond acceptors (Lipinski definition) is 4. The molecular weight excluding hydrogens is 430 g/mol. The molecule has 0 radical (unpaired) electrons. The van der Waals surface area contributed by atoms with Crippen LogP contribution in [0, 0.1) is 69.8 Å². The van der Waals surface area contributed by atoms with Gasteiger partial charge in [-0.1, -0.05) is 0 Å². The van der Waals surface area contributed by atoms with Crippen molar-refractivity contribution in [2.75, 3.05) is 10.6 Å². The number of anilines is 2. The number of nitrogens with one attached hydrogen (secondary N) is 2. The average molecular weight is 463 g/mol. The number of nitriles is 2. The fraction of sp³-hybridized carbons (Fsp3) is 0.714. The van der Waals surface area contributed by atoms with E-state index in [9.17, 15) is 10.5 Å². The standard InChI is InChI=1S/C28H32F2N4/c29-23-21(13-31)22(14-32)24(30)26(34-28-10-18-4-19(11-28)6-20(5-18)12-28)25(23)33-27-7-15-1-16(8-27)3-17(2-15)9-27/h15-20,33-34H,1-12H2. The Hall–Kier alpha value is -2.34. The van der Waals surface area contributed by atoms with Crippen LogP contribution < -0.4 is 10.6 Å². The lowest BCUT2D eigenvalue weighted by Crippen LogP contribution is -2.56. The van der Waals surface area contributed by atoms with E-state index in [1.54, 1.807) is 12.1 Å². The van der Waals surface area contributed by atoms with E-state index in [1.807, 2.05) is 0 Å². The van der Waals surface area contributed by atoms with Gasteiger partial charge in [-0.05, 0) is 113 Å². The maximum absolute atomic E-state index is 16.0. The fourth-order valence-corrected chi connectivity index (χ4v) is 10.2. The minimum atomic E-state index is -0.761. The van der Waals surface area contributed by atoms with Crippen molar-refractivity contribution in [1.82, 2.24) is 0 Å². The van der Waals surface area contributed by atoms with Gasteiger partial charge in [-0.15, -0.1) is 0 Å². The highest BCUT2D eigenvalue weighted by molar-refractivity contribution is 5.77. The summed E-state index contributed by atoms with van der Waals surface area (Å²) in [6, 6.07) is 3.57. The molecular formula is C28H32F2N4. The summed E-state index contributed by atoms with van der Waals surface area (Å²) in [5, 5.41) is 26.4. The molecule has 0 heterocycles. The zero-order valence-electron chi connectivity index (χ0n) is 19.6. The quantitative estimate of drug-likeness (QED) is 0.538. The van der Waals surface area contributed by atoms with E-state index in [4.69, 9.17) is 0 Å². The van der Waals surface area contributed by atoms with Crippen LogP contribution >= 0.6 is 0 Å². The Labute approximate surface area is 200 Å². The zero-order chi connectivity index (χ0) is 23.2. The highest BCUT2D eigenvalue weighted by Crippen LogP contribution is 2.59. The summed E-state index contributed by atoms with van der Waals surface area (Å²) in [4.78, 5) is 0. The topological polar surface area (TPSA) is 71.6 Å². The molecule has 2 N–H and O–H groups in total. The van der Waals surface area contributed by atoms with Crippen molar-refractivity contribution in [1.29, 1.82) is 10.5 Å². The number of nitrogens with zero attached hydrogens (tertiary/aromatic N) is 2. The Bertz CT molecular complexity index is 983. The normalized spacial score (nSPS) is 42.9. The fourth-order valence-electron chi connectivity index (χ4n) is 10.2. The van der Waals surface area contributed by atoms with Crippen molar-refractivity contribution < 1.29 is 8.78 Å². The molecule has 0 amide bonds. The molecule has 0 saturated heterocycles. The Balaban J connectivity index is 1.32. The van der Waals surface area contributed by atoms with E-state index in [2.05, 4.69) is 10.6 Å². The summed E-state index contributed by atoms with van der Waals surface area (Å²) in [5.41, 5.74) is -1.20. The monoisotopic (exact) mass is 462 g/mol. The van der Waals surface area contributed by atoms with E-state index in [1.165, 1.54) is 38.5 Å². The average Bonchev–Trinajstić information content (AvgIpc) is 2.76. The van der Waals surface area contributed by atoms with Crippen molar-refractivity contribution in [3.63, 3.8) is 0 Å². The Morgan fingerprint density at radius 2 is 0.824 bits per heavy atom. The lowest BCUT2D eigenvalue weighted by molar-refractivity contribution is 0.00930. The number of rotatable bonds is 4. The number of hydrogen-bond donors (Lipinski definition) is 2. The maximum Gasteiger partial charge on any atom is 0.167 e. The highest BCUT2D eigenvalue weighted by atomic mass is 19.1. The highest BCUT2D eigenvalue weighted by Gasteiger charge is 2.53. The molecule has 9 rings (SSSR count). The first kappa shape index (κ1) is 21.0. The zero-order valence-corrected chi connectivity index (χ0v) is 19.6. The lowest BCUT2D eigenvalue weighted by atomic mass is 9.52. The lowest BCUT2D eigenvalue weighted by Gasteiger charge is -2.58. The molecule has 8 fully saturated rings. The van der Waals surface area contributed by atoms with Gasteiger partial charge in [0.1, 0.15) is 23.3 Å². The van der Waals surface area contributed by atoms with E-state index in [-0.39, 0.29) is 22.5 Å². The van der Waals surface area contributed by atoms with Gasteiger partial charge in [-0.2, -0.15) is 10.5 Å². The molecule has 8 saturated carbocycles. The molecule has 1 aromatic carbocycles. The third-order valence-electron chi connectivity index (χ3n) is 10.5. The van der Waals surface area contributed by atoms with Gasteiger partial charge in [0.2, 0.25) is 0 Å². The first-order chi connectivity index (χ1) is 16.4. The molecule has 1 aromatic rings. The Morgan fingerprint density at radius 1 is 0.559 bits per heavy atom. The molecule has 34 heavy (non-hydrogen) atoms. The summed E-state index contributed by atoms with van der Waals surface area (Å²) in [7, 11) is 0. The molecule has 178 valence electrons. The smallest absolute Gasteiger partial charge is 0.167 e. The van der Waals surface area contributed by atoms with Crippen molar-refractivity contribution in [3.05, 3.63) is 22.8 Å². The van der Waals surface area contributed by atoms with Gasteiger partial charge < -0.3 is 10.6 Å². The molecule has 0 spiro atoms. The second-order valence-corrected chi connectivity index (χ2v) is 13.0. The largest absolute Gasteiger partial charge is 0.375 e. The van der Waals surface area contributed by atoms with Gasteiger partial charge >= 0.3 is 0 Å². The Morgan fingerprint density at radius 3 is 1.06 bits per heavy atom. The van der Waals surface area contributed by atoms with Crippen LogP contribution in [-0.2, 0) is 0 Å². The molecule has 0 atom stereocenters. The molecule has 4 nitrogen and oxygen atoms in total. The van der Waals surface area contributed by atoms with E-state index >= 15 is 8.78 Å². The third-order valence-corrected chi connectivity index (χ3v) is 10.5. The summed E-state index contributed by atoms with van der Waals surface area (Å²) in [5.74, 6) is 2.40. The van der Waals surface area contributed by atoms with Crippen LogP contribution in [0.5, 0.6) is 0 Å². The molecule has 0 aliphatic heterocycles. The third kappa shape index (κ3) is 3.03. The van der Waals surface area contributed by atoms with Crippen molar-refractivity contribution in [2.24, 2.45) is 35.5 Å². The molecule has 0 aromatic heterocycles. The predicted molar refractivity (Wildman–Crippen MR) is 125 cm³/mol. The molecule has 8 bridgehead atoms. The summed E-state index contributed by atoms with van der Waals surface area (Å²) < 4.78 is 31.9. The van der Waals surface area contributed by atoms with E-state index in [0.29, 0.717) is 35.5 Å². The number of benzene rings is 1. The van der Waals surface area contributed by atoms with Gasteiger partial charge in [-0.25, -0.2) is 8.78 Å². The summed E-state index contributed by atoms with van der Waals surface area (Å²) in [6.07, 6.45) is 13.5. The summed E-state index contributed by atoms with van der Waals surface area (Å²) >= 11 is 0. The minimum Gasteiger partial charge on any atom is -0.375 e. The molecule has 6 heteroatoms. The molecule has 8 aliphatic rings. The van der Waals surface area contributed by atoms with Crippen LogP contribution in [0.3, 0.4) is 0 Å². The van der Waals surface area contributed by atoms with Crippen LogP contribution in [0.2, 0.25) is 0 Å². The van der Waals surface area contributed by atoms with Gasteiger partial charge in [0.05, 0.1) is 11.4 Å². The van der Waals surface area contributed by atoms with E-state index in [0.717, 1.165) is 38.5 Å². The Kier molecular flexibility index (Phi) is 4.38. The number of halogens is 2. The first-order valence-electron chi connectivity index (χ1n) is 13.3. The van der Waals surface area contributed by atoms with Gasteiger partial charge in [-0.3, -0.25) is 0 Å². The minimum absolute atomic E-state index is 0.103. The second-order valence-electron chi connectivity index (χ2n) is 13.0. The van der Waals surface area contributed by atoms with Gasteiger partial charge in [0, 0.05) is 11.1 Å². The van der Waals surface area contributed by atoms with Gasteiger partial charge in [0.15, 0.2) is 11.6 Å².